The van der Waals surface area contributed by atoms with Crippen LogP contribution in [0.1, 0.15) is 5.56 Å². The fraction of sp³-hybridized carbons (Fsp3) is 0.273. The maximum absolute atomic E-state index is 12.6. The summed E-state index contributed by atoms with van der Waals surface area (Å²) in [6.07, 6.45) is -4.59. The minimum atomic E-state index is -4.59. The molecular formula is C11H7Br2ClF3NO3. The van der Waals surface area contributed by atoms with Gasteiger partial charge in [-0.05, 0) is 18.2 Å². The third-order valence-corrected chi connectivity index (χ3v) is 5.20. The molecule has 0 heterocycles. The first-order valence-corrected chi connectivity index (χ1v) is 7.43. The lowest BCUT2D eigenvalue weighted by atomic mass is 10.2. The summed E-state index contributed by atoms with van der Waals surface area (Å²) in [5.74, 6) is -2.15. The number of hydrogen-bond acceptors (Lipinski definition) is 2. The molecule has 0 spiro atoms. The highest BCUT2D eigenvalue weighted by Crippen LogP contribution is 2.34. The first kappa shape index (κ1) is 18.2. The molecule has 2 atom stereocenters. The van der Waals surface area contributed by atoms with Gasteiger partial charge in [0.05, 0.1) is 16.3 Å². The van der Waals surface area contributed by atoms with Crippen molar-refractivity contribution in [3.63, 3.8) is 0 Å². The van der Waals surface area contributed by atoms with E-state index < -0.39 is 33.3 Å². The number of carbonyl (C=O) groups excluding carboxylic acids is 1. The first-order valence-electron chi connectivity index (χ1n) is 5.22. The number of anilines is 1. The van der Waals surface area contributed by atoms with E-state index in [9.17, 15) is 22.8 Å². The van der Waals surface area contributed by atoms with Crippen LogP contribution in [0.25, 0.3) is 0 Å². The van der Waals surface area contributed by atoms with Crippen molar-refractivity contribution in [2.75, 3.05) is 5.32 Å². The topological polar surface area (TPSA) is 66.4 Å². The summed E-state index contributed by atoms with van der Waals surface area (Å²) in [6, 6.07) is 2.43. The van der Waals surface area contributed by atoms with E-state index in [4.69, 9.17) is 16.7 Å². The van der Waals surface area contributed by atoms with Gasteiger partial charge in [0.2, 0.25) is 5.91 Å². The van der Waals surface area contributed by atoms with E-state index in [0.29, 0.717) is 6.07 Å². The maximum atomic E-state index is 12.6. The van der Waals surface area contributed by atoms with E-state index in [1.54, 1.807) is 0 Å². The van der Waals surface area contributed by atoms with Crippen molar-refractivity contribution in [1.82, 2.24) is 0 Å². The molecule has 0 radical (unpaired) electrons. The molecule has 0 aromatic heterocycles. The molecule has 1 aromatic carbocycles. The molecule has 0 aliphatic carbocycles. The number of carbonyl (C=O) groups is 2. The molecule has 1 aromatic rings. The number of hydrogen-bond donors (Lipinski definition) is 2. The molecule has 21 heavy (non-hydrogen) atoms. The van der Waals surface area contributed by atoms with E-state index in [1.807, 2.05) is 0 Å². The van der Waals surface area contributed by atoms with E-state index in [-0.39, 0.29) is 10.7 Å². The van der Waals surface area contributed by atoms with Crippen LogP contribution in [0, 0.1) is 0 Å². The van der Waals surface area contributed by atoms with Gasteiger partial charge in [-0.25, -0.2) is 0 Å². The Labute approximate surface area is 138 Å². The zero-order chi connectivity index (χ0) is 16.4. The van der Waals surface area contributed by atoms with Crippen molar-refractivity contribution >= 4 is 61.0 Å². The van der Waals surface area contributed by atoms with Gasteiger partial charge in [0, 0.05) is 0 Å². The van der Waals surface area contributed by atoms with Crippen molar-refractivity contribution in [3.8, 4) is 0 Å². The van der Waals surface area contributed by atoms with Crippen molar-refractivity contribution in [2.24, 2.45) is 0 Å². The van der Waals surface area contributed by atoms with Crippen LogP contribution in [0.4, 0.5) is 18.9 Å². The quantitative estimate of drug-likeness (QED) is 0.680. The zero-order valence-electron chi connectivity index (χ0n) is 9.92. The number of nitrogens with one attached hydrogen (secondary N) is 1. The molecule has 4 nitrogen and oxygen atoms in total. The van der Waals surface area contributed by atoms with Crippen LogP contribution in [0.5, 0.6) is 0 Å². The summed E-state index contributed by atoms with van der Waals surface area (Å²) in [5.41, 5.74) is -1.24. The first-order chi connectivity index (χ1) is 9.54. The maximum Gasteiger partial charge on any atom is 0.416 e. The van der Waals surface area contributed by atoms with Gasteiger partial charge in [-0.2, -0.15) is 13.2 Å². The number of benzene rings is 1. The SMILES string of the molecule is O=C(O)[C@@H](Br)[C@H](Br)C(=O)Nc1cc(C(F)(F)F)ccc1Cl. The number of aliphatic carboxylic acids is 1. The Morgan fingerprint density at radius 2 is 1.81 bits per heavy atom. The number of rotatable bonds is 4. The van der Waals surface area contributed by atoms with Crippen LogP contribution in [-0.2, 0) is 15.8 Å². The average Bonchev–Trinajstić information content (AvgIpc) is 2.37. The normalized spacial score (nSPS) is 14.4. The van der Waals surface area contributed by atoms with Crippen LogP contribution in [0.2, 0.25) is 5.02 Å². The molecule has 0 unspecified atom stereocenters. The Kier molecular flexibility index (Phi) is 6.06. The minimum Gasteiger partial charge on any atom is -0.480 e. The van der Waals surface area contributed by atoms with E-state index >= 15 is 0 Å². The van der Waals surface area contributed by atoms with Crippen molar-refractivity contribution in [1.29, 1.82) is 0 Å². The lowest BCUT2D eigenvalue weighted by molar-refractivity contribution is -0.138. The number of carboxylic acids is 1. The molecule has 0 aliphatic heterocycles. The lowest BCUT2D eigenvalue weighted by Gasteiger charge is -2.15. The van der Waals surface area contributed by atoms with Crippen LogP contribution < -0.4 is 5.32 Å². The summed E-state index contributed by atoms with van der Waals surface area (Å²) in [5, 5.41) is 10.8. The van der Waals surface area contributed by atoms with Gasteiger partial charge in [0.1, 0.15) is 9.65 Å². The second-order valence-corrected chi connectivity index (χ2v) is 6.20. The van der Waals surface area contributed by atoms with Crippen LogP contribution in [-0.4, -0.2) is 26.6 Å². The average molecular weight is 453 g/mol. The summed E-state index contributed by atoms with van der Waals surface area (Å²) in [6.45, 7) is 0. The molecule has 0 fully saturated rings. The van der Waals surface area contributed by atoms with Gasteiger partial charge in [-0.3, -0.25) is 9.59 Å². The number of amides is 1. The van der Waals surface area contributed by atoms with E-state index in [1.165, 1.54) is 0 Å². The smallest absolute Gasteiger partial charge is 0.416 e. The van der Waals surface area contributed by atoms with Gasteiger partial charge in [0.25, 0.3) is 0 Å². The molecule has 10 heteroatoms. The number of halogens is 6. The molecule has 0 saturated heterocycles. The fourth-order valence-corrected chi connectivity index (χ4v) is 2.00. The summed E-state index contributed by atoms with van der Waals surface area (Å²) >= 11 is 11.3. The van der Waals surface area contributed by atoms with Gasteiger partial charge in [-0.1, -0.05) is 43.5 Å². The molecule has 1 rings (SSSR count). The van der Waals surface area contributed by atoms with Crippen LogP contribution in [0.3, 0.4) is 0 Å². The third kappa shape index (κ3) is 4.86. The van der Waals surface area contributed by atoms with E-state index in [0.717, 1.165) is 12.1 Å². The van der Waals surface area contributed by atoms with E-state index in [2.05, 4.69) is 37.2 Å². The highest BCUT2D eigenvalue weighted by Gasteiger charge is 2.32. The molecule has 0 bridgehead atoms. The summed E-state index contributed by atoms with van der Waals surface area (Å²) < 4.78 is 37.7. The third-order valence-electron chi connectivity index (χ3n) is 2.29. The van der Waals surface area contributed by atoms with Crippen LogP contribution >= 0.6 is 43.5 Å². The highest BCUT2D eigenvalue weighted by atomic mass is 79.9. The van der Waals surface area contributed by atoms with Crippen LogP contribution in [0.15, 0.2) is 18.2 Å². The molecule has 0 aliphatic rings. The monoisotopic (exact) mass is 451 g/mol. The second kappa shape index (κ2) is 6.97. The van der Waals surface area contributed by atoms with Crippen molar-refractivity contribution in [2.45, 2.75) is 15.8 Å². The Bertz CT molecular complexity index is 568. The lowest BCUT2D eigenvalue weighted by Crippen LogP contribution is -2.34. The van der Waals surface area contributed by atoms with Crippen molar-refractivity contribution in [3.05, 3.63) is 28.8 Å². The Morgan fingerprint density at radius 1 is 1.24 bits per heavy atom. The largest absolute Gasteiger partial charge is 0.480 e. The van der Waals surface area contributed by atoms with Gasteiger partial charge in [-0.15, -0.1) is 0 Å². The molecule has 116 valence electrons. The summed E-state index contributed by atoms with van der Waals surface area (Å²) in [7, 11) is 0. The number of alkyl halides is 5. The Morgan fingerprint density at radius 3 is 2.29 bits per heavy atom. The zero-order valence-corrected chi connectivity index (χ0v) is 13.8. The second-order valence-electron chi connectivity index (χ2n) is 3.82. The number of carboxylic acid groups (broad SMARTS) is 1. The molecule has 2 N–H and O–H groups in total. The highest BCUT2D eigenvalue weighted by molar-refractivity contribution is 9.12. The molecular weight excluding hydrogens is 446 g/mol. The predicted octanol–water partition coefficient (Wildman–Crippen LogP) is 3.91. The van der Waals surface area contributed by atoms with Gasteiger partial charge < -0.3 is 10.4 Å². The molecule has 0 saturated carbocycles. The Balaban J connectivity index is 2.97. The standard InChI is InChI=1S/C11H7Br2ClF3NO3/c12-7(8(13)10(20)21)9(19)18-6-3-4(11(15,16)17)1-2-5(6)14/h1-3,7-8H,(H,18,19)(H,20,21)/t7-,8-/m0/s1. The van der Waals surface area contributed by atoms with Gasteiger partial charge >= 0.3 is 12.1 Å². The minimum absolute atomic E-state index is 0.0995. The van der Waals surface area contributed by atoms with Crippen molar-refractivity contribution < 1.29 is 27.9 Å². The Hall–Kier alpha value is -0.800. The predicted molar refractivity (Wildman–Crippen MR) is 78.1 cm³/mol. The fourth-order valence-electron chi connectivity index (χ4n) is 1.26. The van der Waals surface area contributed by atoms with Gasteiger partial charge in [0.15, 0.2) is 0 Å². The summed E-state index contributed by atoms with van der Waals surface area (Å²) in [4.78, 5) is 20.1. The molecule has 1 amide bonds.